The fraction of sp³-hybridized carbons (Fsp3) is 0.636. The summed E-state index contributed by atoms with van der Waals surface area (Å²) in [7, 11) is -3.43. The average Bonchev–Trinajstić information content (AvgIpc) is 2.86. The Morgan fingerprint density at radius 2 is 2.35 bits per heavy atom. The van der Waals surface area contributed by atoms with Crippen LogP contribution in [0.5, 0.6) is 0 Å². The van der Waals surface area contributed by atoms with Crippen molar-refractivity contribution in [1.29, 1.82) is 0 Å². The summed E-state index contributed by atoms with van der Waals surface area (Å²) < 4.78 is 30.4. The number of nitrogens with zero attached hydrogens (tertiary/aromatic N) is 2. The first-order chi connectivity index (χ1) is 9.43. The Balaban J connectivity index is 2.31. The number of nitrogens with two attached hydrogens (primary N) is 1. The molecule has 20 heavy (non-hydrogen) atoms. The molecule has 1 heterocycles. The fourth-order valence-corrected chi connectivity index (χ4v) is 2.38. The molecule has 1 rings (SSSR count). The lowest BCUT2D eigenvalue weighted by molar-refractivity contribution is 0.413. The summed E-state index contributed by atoms with van der Waals surface area (Å²) in [5.41, 5.74) is 6.01. The van der Waals surface area contributed by atoms with Gasteiger partial charge in [-0.15, -0.1) is 0 Å². The molecule has 1 aromatic rings. The quantitative estimate of drug-likeness (QED) is 0.347. The average molecular weight is 303 g/mol. The van der Waals surface area contributed by atoms with Crippen LogP contribution < -0.4 is 15.8 Å². The van der Waals surface area contributed by atoms with Crippen molar-refractivity contribution in [2.24, 2.45) is 10.7 Å². The van der Waals surface area contributed by atoms with Crippen molar-refractivity contribution in [3.63, 3.8) is 0 Å². The Kier molecular flexibility index (Phi) is 6.46. The highest BCUT2D eigenvalue weighted by molar-refractivity contribution is 7.88. The molecule has 8 nitrogen and oxygen atoms in total. The number of rotatable bonds is 8. The Morgan fingerprint density at radius 3 is 2.95 bits per heavy atom. The number of guanidine groups is 1. The molecule has 0 saturated carbocycles. The highest BCUT2D eigenvalue weighted by Crippen LogP contribution is 2.00. The van der Waals surface area contributed by atoms with Crippen molar-refractivity contribution in [2.75, 3.05) is 13.1 Å². The Labute approximate surface area is 118 Å². The molecule has 4 N–H and O–H groups in total. The molecule has 0 amide bonds. The van der Waals surface area contributed by atoms with Crippen molar-refractivity contribution in [3.05, 3.63) is 18.0 Å². The van der Waals surface area contributed by atoms with E-state index in [4.69, 9.17) is 5.73 Å². The lowest BCUT2D eigenvalue weighted by Crippen LogP contribution is -2.38. The highest BCUT2D eigenvalue weighted by atomic mass is 32.2. The number of aliphatic imine (C=N–C) groups is 1. The predicted octanol–water partition coefficient (Wildman–Crippen LogP) is -0.203. The zero-order chi connectivity index (χ0) is 15.0. The summed E-state index contributed by atoms with van der Waals surface area (Å²) in [6, 6.07) is 1.74. The van der Waals surface area contributed by atoms with Crippen LogP contribution in [0.2, 0.25) is 0 Å². The first-order valence-corrected chi connectivity index (χ1v) is 8.01. The third-order valence-corrected chi connectivity index (χ3v) is 3.87. The fourth-order valence-electron chi connectivity index (χ4n) is 1.34. The largest absolute Gasteiger partial charge is 0.370 e. The van der Waals surface area contributed by atoms with Crippen LogP contribution in [0.4, 0.5) is 0 Å². The van der Waals surface area contributed by atoms with Crippen molar-refractivity contribution in [2.45, 2.75) is 32.1 Å². The Morgan fingerprint density at radius 1 is 1.60 bits per heavy atom. The minimum absolute atomic E-state index is 0.184. The summed E-state index contributed by atoms with van der Waals surface area (Å²) in [6.07, 6.45) is 2.26. The molecule has 114 valence electrons. The SMILES string of the molecule is CCC(C)NC(N)=NCCNS(=O)(=O)Cc1ccon1. The standard InChI is InChI=1S/C11H21N5O3S/c1-3-9(2)15-11(12)13-5-6-14-20(17,18)8-10-4-7-19-16-10/h4,7,9,14H,3,5-6,8H2,1-2H3,(H3,12,13,15). The van der Waals surface area contributed by atoms with E-state index in [1.54, 1.807) is 0 Å². The molecule has 0 aliphatic carbocycles. The van der Waals surface area contributed by atoms with E-state index in [9.17, 15) is 8.42 Å². The van der Waals surface area contributed by atoms with Gasteiger partial charge < -0.3 is 15.6 Å². The molecule has 0 bridgehead atoms. The number of hydrogen-bond acceptors (Lipinski definition) is 5. The number of sulfonamides is 1. The lowest BCUT2D eigenvalue weighted by atomic mass is 10.3. The highest BCUT2D eigenvalue weighted by Gasteiger charge is 2.12. The van der Waals surface area contributed by atoms with E-state index in [2.05, 4.69) is 24.7 Å². The number of aromatic nitrogens is 1. The summed E-state index contributed by atoms with van der Waals surface area (Å²) in [5.74, 6) is 0.100. The van der Waals surface area contributed by atoms with Crippen LogP contribution in [0.25, 0.3) is 0 Å². The summed E-state index contributed by atoms with van der Waals surface area (Å²) >= 11 is 0. The van der Waals surface area contributed by atoms with Gasteiger partial charge in [0.05, 0.1) is 12.2 Å². The van der Waals surface area contributed by atoms with Crippen molar-refractivity contribution >= 4 is 16.0 Å². The van der Waals surface area contributed by atoms with Gasteiger partial charge in [-0.05, 0) is 13.3 Å². The summed E-state index contributed by atoms with van der Waals surface area (Å²) in [4.78, 5) is 4.03. The van der Waals surface area contributed by atoms with Gasteiger partial charge in [0.25, 0.3) is 0 Å². The van der Waals surface area contributed by atoms with Crippen molar-refractivity contribution in [1.82, 2.24) is 15.2 Å². The molecule has 0 spiro atoms. The molecule has 1 atom stereocenters. The maximum absolute atomic E-state index is 11.7. The predicted molar refractivity (Wildman–Crippen MR) is 76.5 cm³/mol. The lowest BCUT2D eigenvalue weighted by Gasteiger charge is -2.11. The normalized spacial score (nSPS) is 14.2. The molecule has 0 fully saturated rings. The van der Waals surface area contributed by atoms with E-state index in [-0.39, 0.29) is 24.9 Å². The maximum Gasteiger partial charge on any atom is 0.217 e. The van der Waals surface area contributed by atoms with E-state index in [0.717, 1.165) is 6.42 Å². The van der Waals surface area contributed by atoms with Gasteiger partial charge in [0.1, 0.15) is 12.0 Å². The number of nitrogens with one attached hydrogen (secondary N) is 2. The summed E-state index contributed by atoms with van der Waals surface area (Å²) in [6.45, 7) is 4.47. The van der Waals surface area contributed by atoms with Gasteiger partial charge >= 0.3 is 0 Å². The molecule has 0 aliphatic rings. The molecular formula is C11H21N5O3S. The molecule has 1 unspecified atom stereocenters. The van der Waals surface area contributed by atoms with Gasteiger partial charge in [0, 0.05) is 18.7 Å². The van der Waals surface area contributed by atoms with Gasteiger partial charge in [-0.1, -0.05) is 12.1 Å². The van der Waals surface area contributed by atoms with Gasteiger partial charge in [-0.25, -0.2) is 13.1 Å². The minimum Gasteiger partial charge on any atom is -0.370 e. The second kappa shape index (κ2) is 7.85. The van der Waals surface area contributed by atoms with Crippen LogP contribution in [0.3, 0.4) is 0 Å². The monoisotopic (exact) mass is 303 g/mol. The van der Waals surface area contributed by atoms with E-state index in [1.807, 2.05) is 13.8 Å². The van der Waals surface area contributed by atoms with E-state index < -0.39 is 10.0 Å². The molecule has 9 heteroatoms. The van der Waals surface area contributed by atoms with E-state index >= 15 is 0 Å². The third-order valence-electron chi connectivity index (χ3n) is 2.55. The van der Waals surface area contributed by atoms with Crippen LogP contribution in [0.1, 0.15) is 26.0 Å². The smallest absolute Gasteiger partial charge is 0.217 e. The zero-order valence-electron chi connectivity index (χ0n) is 11.7. The first-order valence-electron chi connectivity index (χ1n) is 6.36. The minimum atomic E-state index is -3.43. The molecule has 0 aromatic carbocycles. The van der Waals surface area contributed by atoms with Crippen molar-refractivity contribution in [3.8, 4) is 0 Å². The van der Waals surface area contributed by atoms with Crippen LogP contribution in [0.15, 0.2) is 21.8 Å². The van der Waals surface area contributed by atoms with Gasteiger partial charge in [0.2, 0.25) is 10.0 Å². The summed E-state index contributed by atoms with van der Waals surface area (Å²) in [5, 5.41) is 6.54. The molecule has 1 aromatic heterocycles. The zero-order valence-corrected chi connectivity index (χ0v) is 12.5. The Bertz CT molecular complexity index is 512. The van der Waals surface area contributed by atoms with Crippen LogP contribution >= 0.6 is 0 Å². The van der Waals surface area contributed by atoms with Crippen LogP contribution in [-0.4, -0.2) is 38.7 Å². The molecule has 0 saturated heterocycles. The van der Waals surface area contributed by atoms with Gasteiger partial charge in [0.15, 0.2) is 5.96 Å². The molecule has 0 radical (unpaired) electrons. The maximum atomic E-state index is 11.7. The molecule has 0 aliphatic heterocycles. The number of hydrogen-bond donors (Lipinski definition) is 3. The third kappa shape index (κ3) is 6.53. The van der Waals surface area contributed by atoms with Crippen LogP contribution in [0, 0.1) is 0 Å². The van der Waals surface area contributed by atoms with Gasteiger partial charge in [-0.3, -0.25) is 4.99 Å². The second-order valence-corrected chi connectivity index (χ2v) is 6.17. The van der Waals surface area contributed by atoms with E-state index in [1.165, 1.54) is 12.3 Å². The van der Waals surface area contributed by atoms with Crippen molar-refractivity contribution < 1.29 is 12.9 Å². The second-order valence-electron chi connectivity index (χ2n) is 4.36. The first kappa shape index (κ1) is 16.4. The Hall–Kier alpha value is -1.61. The van der Waals surface area contributed by atoms with Gasteiger partial charge in [-0.2, -0.15) is 0 Å². The molecular weight excluding hydrogens is 282 g/mol. The van der Waals surface area contributed by atoms with E-state index in [0.29, 0.717) is 11.7 Å². The topological polar surface area (TPSA) is 123 Å². The van der Waals surface area contributed by atoms with Crippen LogP contribution in [-0.2, 0) is 15.8 Å².